The lowest BCUT2D eigenvalue weighted by Crippen LogP contribution is -2.09. The molecule has 0 fully saturated rings. The van der Waals surface area contributed by atoms with Gasteiger partial charge in [-0.2, -0.15) is 0 Å². The van der Waals surface area contributed by atoms with Gasteiger partial charge in [-0.15, -0.1) is 11.3 Å². The van der Waals surface area contributed by atoms with Gasteiger partial charge in [-0.25, -0.2) is 9.97 Å². The van der Waals surface area contributed by atoms with E-state index in [1.54, 1.807) is 17.5 Å². The highest BCUT2D eigenvalue weighted by Crippen LogP contribution is 2.30. The molecule has 4 nitrogen and oxygen atoms in total. The summed E-state index contributed by atoms with van der Waals surface area (Å²) in [5, 5.41) is 4.71. The number of nitrogens with one attached hydrogen (secondary N) is 1. The van der Waals surface area contributed by atoms with E-state index in [9.17, 15) is 4.79 Å². The molecule has 0 bridgehead atoms. The molecule has 0 saturated carbocycles. The van der Waals surface area contributed by atoms with Gasteiger partial charge in [0.15, 0.2) is 5.82 Å². The highest BCUT2D eigenvalue weighted by molar-refractivity contribution is 7.13. The van der Waals surface area contributed by atoms with Crippen LogP contribution in [0.1, 0.15) is 6.92 Å². The molecule has 2 aromatic heterocycles. The monoisotopic (exact) mass is 295 g/mol. The van der Waals surface area contributed by atoms with Crippen LogP contribution in [0.2, 0.25) is 0 Å². The summed E-state index contributed by atoms with van der Waals surface area (Å²) in [6.07, 6.45) is 1.68. The Bertz CT molecular complexity index is 754. The number of amides is 1. The zero-order valence-electron chi connectivity index (χ0n) is 11.4. The topological polar surface area (TPSA) is 54.9 Å². The molecule has 0 aliphatic heterocycles. The van der Waals surface area contributed by atoms with E-state index in [-0.39, 0.29) is 5.91 Å². The van der Waals surface area contributed by atoms with Gasteiger partial charge in [-0.3, -0.25) is 4.79 Å². The lowest BCUT2D eigenvalue weighted by molar-refractivity contribution is -0.114. The number of rotatable bonds is 3. The normalized spacial score (nSPS) is 10.3. The first-order valence-electron chi connectivity index (χ1n) is 6.48. The number of aromatic nitrogens is 2. The van der Waals surface area contributed by atoms with E-state index in [0.717, 1.165) is 16.1 Å². The average molecular weight is 295 g/mol. The summed E-state index contributed by atoms with van der Waals surface area (Å²) in [5.74, 6) is 0.333. The summed E-state index contributed by atoms with van der Waals surface area (Å²) in [6.45, 7) is 1.46. The maximum Gasteiger partial charge on any atom is 0.222 e. The van der Waals surface area contributed by atoms with Crippen molar-refractivity contribution >= 4 is 23.1 Å². The highest BCUT2D eigenvalue weighted by Gasteiger charge is 2.13. The number of benzene rings is 1. The Balaban J connectivity index is 2.11. The van der Waals surface area contributed by atoms with Gasteiger partial charge in [0.25, 0.3) is 0 Å². The molecular formula is C16H13N3OS. The van der Waals surface area contributed by atoms with Crippen LogP contribution in [0.5, 0.6) is 0 Å². The lowest BCUT2D eigenvalue weighted by atomic mass is 10.1. The molecule has 1 amide bonds. The second kappa shape index (κ2) is 5.85. The van der Waals surface area contributed by atoms with E-state index in [2.05, 4.69) is 15.3 Å². The third-order valence-corrected chi connectivity index (χ3v) is 3.77. The molecule has 0 aliphatic rings. The number of hydrogen-bond donors (Lipinski definition) is 1. The molecule has 3 aromatic rings. The Morgan fingerprint density at radius 2 is 1.95 bits per heavy atom. The van der Waals surface area contributed by atoms with Gasteiger partial charge in [0.05, 0.1) is 16.8 Å². The Morgan fingerprint density at radius 3 is 2.62 bits per heavy atom. The molecule has 0 aliphatic carbocycles. The van der Waals surface area contributed by atoms with Crippen molar-refractivity contribution in [2.24, 2.45) is 0 Å². The van der Waals surface area contributed by atoms with Crippen molar-refractivity contribution < 1.29 is 4.79 Å². The smallest absolute Gasteiger partial charge is 0.222 e. The highest BCUT2D eigenvalue weighted by atomic mass is 32.1. The van der Waals surface area contributed by atoms with Crippen LogP contribution in [-0.4, -0.2) is 15.9 Å². The van der Waals surface area contributed by atoms with Crippen molar-refractivity contribution in [3.8, 4) is 21.8 Å². The van der Waals surface area contributed by atoms with Gasteiger partial charge in [0.1, 0.15) is 5.69 Å². The molecule has 2 heterocycles. The van der Waals surface area contributed by atoms with Crippen LogP contribution in [0.4, 0.5) is 5.82 Å². The summed E-state index contributed by atoms with van der Waals surface area (Å²) < 4.78 is 0. The van der Waals surface area contributed by atoms with Gasteiger partial charge in [-0.05, 0) is 11.4 Å². The van der Waals surface area contributed by atoms with Gasteiger partial charge < -0.3 is 5.32 Å². The second-order valence-corrected chi connectivity index (χ2v) is 5.42. The van der Waals surface area contributed by atoms with E-state index in [0.29, 0.717) is 11.5 Å². The number of carbonyl (C=O) groups excluding carboxylic acids is 1. The molecule has 0 radical (unpaired) electrons. The fourth-order valence-electron chi connectivity index (χ4n) is 1.98. The second-order valence-electron chi connectivity index (χ2n) is 4.48. The minimum Gasteiger partial charge on any atom is -0.309 e. The fraction of sp³-hybridized carbons (Fsp3) is 0.0625. The first-order valence-corrected chi connectivity index (χ1v) is 7.36. The number of hydrogen-bond acceptors (Lipinski definition) is 4. The van der Waals surface area contributed by atoms with E-state index in [1.807, 2.05) is 47.8 Å². The van der Waals surface area contributed by atoms with Gasteiger partial charge >= 0.3 is 0 Å². The van der Waals surface area contributed by atoms with Crippen LogP contribution in [0, 0.1) is 0 Å². The standard InChI is InChI=1S/C16H13N3OS/c1-11(20)18-16-15(14-8-5-9-21-14)19-13(10-17-16)12-6-3-2-4-7-12/h2-10H,1H3,(H,17,18,20). The molecule has 0 spiro atoms. The Morgan fingerprint density at radius 1 is 1.14 bits per heavy atom. The van der Waals surface area contributed by atoms with Crippen molar-refractivity contribution in [2.45, 2.75) is 6.92 Å². The Hall–Kier alpha value is -2.53. The first kappa shape index (κ1) is 13.5. The van der Waals surface area contributed by atoms with Crippen molar-refractivity contribution in [3.63, 3.8) is 0 Å². The van der Waals surface area contributed by atoms with Crippen LogP contribution in [0.25, 0.3) is 21.8 Å². The molecular weight excluding hydrogens is 282 g/mol. The van der Waals surface area contributed by atoms with Crippen LogP contribution >= 0.6 is 11.3 Å². The molecule has 1 aromatic carbocycles. The van der Waals surface area contributed by atoms with Crippen molar-refractivity contribution in [2.75, 3.05) is 5.32 Å². The third kappa shape index (κ3) is 2.98. The molecule has 3 rings (SSSR count). The van der Waals surface area contributed by atoms with E-state index < -0.39 is 0 Å². The van der Waals surface area contributed by atoms with Crippen molar-refractivity contribution in [3.05, 3.63) is 54.0 Å². The maximum absolute atomic E-state index is 11.3. The largest absolute Gasteiger partial charge is 0.309 e. The molecule has 104 valence electrons. The maximum atomic E-state index is 11.3. The summed E-state index contributed by atoms with van der Waals surface area (Å²) >= 11 is 1.57. The summed E-state index contributed by atoms with van der Waals surface area (Å²) in [5.41, 5.74) is 2.48. The molecule has 0 saturated heterocycles. The van der Waals surface area contributed by atoms with E-state index in [1.165, 1.54) is 6.92 Å². The Labute approximate surface area is 126 Å². The molecule has 0 unspecified atom stereocenters. The number of carbonyl (C=O) groups is 1. The lowest BCUT2D eigenvalue weighted by Gasteiger charge is -2.09. The SMILES string of the molecule is CC(=O)Nc1ncc(-c2ccccc2)nc1-c1cccs1. The minimum absolute atomic E-state index is 0.158. The van der Waals surface area contributed by atoms with E-state index >= 15 is 0 Å². The fourth-order valence-corrected chi connectivity index (χ4v) is 2.70. The average Bonchev–Trinajstić information content (AvgIpc) is 3.02. The predicted molar refractivity (Wildman–Crippen MR) is 85.1 cm³/mol. The van der Waals surface area contributed by atoms with Crippen LogP contribution in [0.15, 0.2) is 54.0 Å². The molecule has 1 N–H and O–H groups in total. The first-order chi connectivity index (χ1) is 10.2. The quantitative estimate of drug-likeness (QED) is 0.799. The van der Waals surface area contributed by atoms with Gasteiger partial charge in [0.2, 0.25) is 5.91 Å². The number of thiophene rings is 1. The van der Waals surface area contributed by atoms with Crippen molar-refractivity contribution in [1.82, 2.24) is 9.97 Å². The molecule has 5 heteroatoms. The third-order valence-electron chi connectivity index (χ3n) is 2.89. The zero-order chi connectivity index (χ0) is 14.7. The van der Waals surface area contributed by atoms with Crippen LogP contribution < -0.4 is 5.32 Å². The Kier molecular flexibility index (Phi) is 3.75. The predicted octanol–water partition coefficient (Wildman–Crippen LogP) is 3.83. The molecule has 0 atom stereocenters. The van der Waals surface area contributed by atoms with E-state index in [4.69, 9.17) is 0 Å². The van der Waals surface area contributed by atoms with Crippen molar-refractivity contribution in [1.29, 1.82) is 0 Å². The summed E-state index contributed by atoms with van der Waals surface area (Å²) in [4.78, 5) is 21.3. The number of nitrogens with zero attached hydrogens (tertiary/aromatic N) is 2. The zero-order valence-corrected chi connectivity index (χ0v) is 12.2. The molecule has 21 heavy (non-hydrogen) atoms. The van der Waals surface area contributed by atoms with Gasteiger partial charge in [-0.1, -0.05) is 36.4 Å². The van der Waals surface area contributed by atoms with Crippen LogP contribution in [0.3, 0.4) is 0 Å². The van der Waals surface area contributed by atoms with Gasteiger partial charge in [0, 0.05) is 12.5 Å². The summed E-state index contributed by atoms with van der Waals surface area (Å²) in [7, 11) is 0. The summed E-state index contributed by atoms with van der Waals surface area (Å²) in [6, 6.07) is 13.8. The minimum atomic E-state index is -0.158. The number of anilines is 1. The van der Waals surface area contributed by atoms with Crippen LogP contribution in [-0.2, 0) is 4.79 Å².